The van der Waals surface area contributed by atoms with Crippen LogP contribution in [0.15, 0.2) is 53.7 Å². The topological polar surface area (TPSA) is 74.3 Å². The van der Waals surface area contributed by atoms with Crippen molar-refractivity contribution in [2.45, 2.75) is 22.6 Å². The van der Waals surface area contributed by atoms with E-state index in [1.807, 2.05) is 41.3 Å². The lowest BCUT2D eigenvalue weighted by atomic mass is 10.0. The second-order valence-corrected chi connectivity index (χ2v) is 7.63. The van der Waals surface area contributed by atoms with Crippen molar-refractivity contribution < 1.29 is 9.59 Å². The van der Waals surface area contributed by atoms with Crippen LogP contribution in [0, 0.1) is 0 Å². The predicted molar refractivity (Wildman–Crippen MR) is 101 cm³/mol. The summed E-state index contributed by atoms with van der Waals surface area (Å²) in [7, 11) is 0. The second-order valence-electron chi connectivity index (χ2n) is 6.39. The zero-order valence-corrected chi connectivity index (χ0v) is 15.0. The molecule has 2 amide bonds. The first-order valence-electron chi connectivity index (χ1n) is 8.69. The van der Waals surface area contributed by atoms with E-state index in [1.54, 1.807) is 12.4 Å². The van der Waals surface area contributed by atoms with Crippen LogP contribution in [0.25, 0.3) is 0 Å². The molecule has 2 aliphatic rings. The number of anilines is 1. The Morgan fingerprint density at radius 1 is 1.27 bits per heavy atom. The van der Waals surface area contributed by atoms with E-state index in [1.165, 1.54) is 11.8 Å². The van der Waals surface area contributed by atoms with Crippen molar-refractivity contribution in [1.29, 1.82) is 0 Å². The van der Waals surface area contributed by atoms with Crippen LogP contribution < -0.4 is 10.6 Å². The molecule has 0 saturated carbocycles. The number of fused-ring (bicyclic) bond motifs is 1. The Bertz CT molecular complexity index is 814. The van der Waals surface area contributed by atoms with Gasteiger partial charge >= 0.3 is 0 Å². The third-order valence-corrected chi connectivity index (χ3v) is 5.97. The number of aromatic nitrogens is 1. The molecule has 2 atom stereocenters. The van der Waals surface area contributed by atoms with Crippen LogP contribution in [0.3, 0.4) is 0 Å². The molecule has 6 nitrogen and oxygen atoms in total. The van der Waals surface area contributed by atoms with Gasteiger partial charge in [-0.05, 0) is 23.8 Å². The highest BCUT2D eigenvalue weighted by molar-refractivity contribution is 8.01. The fourth-order valence-electron chi connectivity index (χ4n) is 3.38. The van der Waals surface area contributed by atoms with Gasteiger partial charge in [-0.1, -0.05) is 18.2 Å². The van der Waals surface area contributed by atoms with Gasteiger partial charge in [-0.25, -0.2) is 0 Å². The Kier molecular flexibility index (Phi) is 4.90. The highest BCUT2D eigenvalue weighted by Crippen LogP contribution is 2.37. The molecule has 1 fully saturated rings. The minimum Gasteiger partial charge on any atom is -0.333 e. The maximum absolute atomic E-state index is 13.0. The first kappa shape index (κ1) is 17.1. The number of hydrogen-bond donors (Lipinski definition) is 2. The van der Waals surface area contributed by atoms with Gasteiger partial charge in [-0.3, -0.25) is 14.6 Å². The molecule has 0 aliphatic carbocycles. The summed E-state index contributed by atoms with van der Waals surface area (Å²) in [5, 5.41) is 5.84. The Hall–Kier alpha value is -2.38. The van der Waals surface area contributed by atoms with E-state index >= 15 is 0 Å². The number of carbonyl (C=O) groups is 2. The molecule has 2 N–H and O–H groups in total. The van der Waals surface area contributed by atoms with Crippen molar-refractivity contribution in [3.8, 4) is 0 Å². The van der Waals surface area contributed by atoms with Crippen LogP contribution in [0.2, 0.25) is 0 Å². The first-order valence-corrected chi connectivity index (χ1v) is 9.57. The molecular weight excluding hydrogens is 348 g/mol. The Labute approximate surface area is 156 Å². The van der Waals surface area contributed by atoms with Crippen molar-refractivity contribution in [3.63, 3.8) is 0 Å². The third-order valence-electron chi connectivity index (χ3n) is 4.70. The van der Waals surface area contributed by atoms with Gasteiger partial charge in [0.05, 0.1) is 17.0 Å². The number of nitrogens with one attached hydrogen (secondary N) is 2. The molecule has 134 valence electrons. The van der Waals surface area contributed by atoms with Crippen molar-refractivity contribution >= 4 is 29.3 Å². The fraction of sp³-hybridized carbons (Fsp3) is 0.316. The number of thioether (sulfide) groups is 1. The summed E-state index contributed by atoms with van der Waals surface area (Å²) in [6.07, 6.45) is 3.73. The average molecular weight is 368 g/mol. The lowest BCUT2D eigenvalue weighted by Crippen LogP contribution is -2.49. The molecule has 3 heterocycles. The quantitative estimate of drug-likeness (QED) is 0.867. The molecule has 26 heavy (non-hydrogen) atoms. The van der Waals surface area contributed by atoms with Crippen LogP contribution in [0.5, 0.6) is 0 Å². The summed E-state index contributed by atoms with van der Waals surface area (Å²) < 4.78 is 0. The van der Waals surface area contributed by atoms with E-state index in [0.29, 0.717) is 13.1 Å². The smallest absolute Gasteiger partial charge is 0.238 e. The number of para-hydroxylation sites is 1. The highest BCUT2D eigenvalue weighted by Gasteiger charge is 2.33. The van der Waals surface area contributed by atoms with Crippen LogP contribution in [0.4, 0.5) is 5.69 Å². The molecule has 2 aromatic rings. The number of benzene rings is 1. The molecule has 2 unspecified atom stereocenters. The summed E-state index contributed by atoms with van der Waals surface area (Å²) >= 11 is 1.47. The number of pyridine rings is 1. The summed E-state index contributed by atoms with van der Waals surface area (Å²) in [6.45, 7) is 2.09. The number of rotatable bonds is 3. The zero-order valence-electron chi connectivity index (χ0n) is 14.2. The fourth-order valence-corrected chi connectivity index (χ4v) is 4.48. The molecule has 7 heteroatoms. The van der Waals surface area contributed by atoms with Gasteiger partial charge in [0.1, 0.15) is 0 Å². The standard InChI is InChI=1S/C19H20N4O2S/c24-18(10-17-19(25)22-14-5-1-2-6-16(14)26-17)23-9-8-21-12-15(23)13-4-3-7-20-11-13/h1-7,11,15,17,21H,8-10,12H2,(H,22,25). The number of hydrogen-bond acceptors (Lipinski definition) is 5. The third kappa shape index (κ3) is 3.45. The van der Waals surface area contributed by atoms with Gasteiger partial charge in [0, 0.05) is 43.3 Å². The molecule has 4 rings (SSSR count). The van der Waals surface area contributed by atoms with E-state index < -0.39 is 5.25 Å². The maximum atomic E-state index is 13.0. The van der Waals surface area contributed by atoms with E-state index in [9.17, 15) is 9.59 Å². The Balaban J connectivity index is 1.49. The summed E-state index contributed by atoms with van der Waals surface area (Å²) in [6, 6.07) is 11.5. The number of carbonyl (C=O) groups excluding carboxylic acids is 2. The first-order chi connectivity index (χ1) is 12.7. The predicted octanol–water partition coefficient (Wildman–Crippen LogP) is 2.06. The van der Waals surface area contributed by atoms with Crippen LogP contribution >= 0.6 is 11.8 Å². The molecule has 1 aromatic carbocycles. The minimum atomic E-state index is -0.401. The molecule has 0 spiro atoms. The summed E-state index contributed by atoms with van der Waals surface area (Å²) in [5.74, 6) is -0.0949. The summed E-state index contributed by atoms with van der Waals surface area (Å²) in [4.78, 5) is 32.5. The molecule has 2 aliphatic heterocycles. The lowest BCUT2D eigenvalue weighted by molar-refractivity contribution is -0.135. The van der Waals surface area contributed by atoms with Crippen molar-refractivity contribution in [2.24, 2.45) is 0 Å². The van der Waals surface area contributed by atoms with E-state index in [2.05, 4.69) is 15.6 Å². The second kappa shape index (κ2) is 7.47. The maximum Gasteiger partial charge on any atom is 0.238 e. The Morgan fingerprint density at radius 2 is 2.15 bits per heavy atom. The normalized spacial score (nSPS) is 22.5. The Morgan fingerprint density at radius 3 is 3.00 bits per heavy atom. The van der Waals surface area contributed by atoms with E-state index in [0.717, 1.165) is 22.7 Å². The number of piperazine rings is 1. The van der Waals surface area contributed by atoms with Crippen molar-refractivity contribution in [2.75, 3.05) is 25.0 Å². The van der Waals surface area contributed by atoms with Gasteiger partial charge in [-0.15, -0.1) is 11.8 Å². The van der Waals surface area contributed by atoms with E-state index in [-0.39, 0.29) is 24.3 Å². The summed E-state index contributed by atoms with van der Waals surface area (Å²) in [5.41, 5.74) is 1.83. The van der Waals surface area contributed by atoms with Gasteiger partial charge < -0.3 is 15.5 Å². The zero-order chi connectivity index (χ0) is 17.9. The van der Waals surface area contributed by atoms with Gasteiger partial charge in [0.2, 0.25) is 11.8 Å². The monoisotopic (exact) mass is 368 g/mol. The van der Waals surface area contributed by atoms with Gasteiger partial charge in [0.15, 0.2) is 0 Å². The molecule has 0 radical (unpaired) electrons. The van der Waals surface area contributed by atoms with Crippen LogP contribution in [-0.2, 0) is 9.59 Å². The largest absolute Gasteiger partial charge is 0.333 e. The van der Waals surface area contributed by atoms with Gasteiger partial charge in [-0.2, -0.15) is 0 Å². The van der Waals surface area contributed by atoms with Crippen LogP contribution in [-0.4, -0.2) is 46.6 Å². The van der Waals surface area contributed by atoms with Gasteiger partial charge in [0.25, 0.3) is 0 Å². The number of nitrogens with zero attached hydrogens (tertiary/aromatic N) is 2. The molecule has 1 aromatic heterocycles. The SMILES string of the molecule is O=C1Nc2ccccc2SC1CC(=O)N1CCNCC1c1cccnc1. The van der Waals surface area contributed by atoms with Crippen LogP contribution in [0.1, 0.15) is 18.0 Å². The number of amides is 2. The molecule has 0 bridgehead atoms. The van der Waals surface area contributed by atoms with Crippen molar-refractivity contribution in [1.82, 2.24) is 15.2 Å². The highest BCUT2D eigenvalue weighted by atomic mass is 32.2. The van der Waals surface area contributed by atoms with Crippen molar-refractivity contribution in [3.05, 3.63) is 54.4 Å². The average Bonchev–Trinajstić information content (AvgIpc) is 2.69. The molecule has 1 saturated heterocycles. The molecular formula is C19H20N4O2S. The van der Waals surface area contributed by atoms with E-state index in [4.69, 9.17) is 0 Å². The lowest BCUT2D eigenvalue weighted by Gasteiger charge is -2.37. The minimum absolute atomic E-state index is 0.00684.